The van der Waals surface area contributed by atoms with Crippen LogP contribution < -0.4 is 15.0 Å². The average Bonchev–Trinajstić information content (AvgIpc) is 3.42. The van der Waals surface area contributed by atoms with E-state index in [0.717, 1.165) is 21.5 Å². The molecule has 0 saturated heterocycles. The first-order valence-electron chi connectivity index (χ1n) is 11.0. The molecular weight excluding hydrogens is 434 g/mol. The summed E-state index contributed by atoms with van der Waals surface area (Å²) in [4.78, 5) is 30.1. The molecule has 0 spiro atoms. The number of fused-ring (bicyclic) bond motifs is 3. The van der Waals surface area contributed by atoms with E-state index >= 15 is 0 Å². The number of nitrogens with zero attached hydrogens (tertiary/aromatic N) is 2. The molecule has 0 saturated carbocycles. The minimum atomic E-state index is -1.11. The first-order chi connectivity index (χ1) is 16.0. The van der Waals surface area contributed by atoms with Gasteiger partial charge in [-0.15, -0.1) is 11.3 Å². The number of ether oxygens (including phenoxy) is 1. The Hall–Kier alpha value is -3.58. The lowest BCUT2D eigenvalue weighted by Gasteiger charge is -2.44. The molecule has 2 aromatic carbocycles. The van der Waals surface area contributed by atoms with Crippen molar-refractivity contribution in [3.8, 4) is 5.75 Å². The van der Waals surface area contributed by atoms with Crippen molar-refractivity contribution in [2.24, 2.45) is 0 Å². The smallest absolute Gasteiger partial charge is 0.275 e. The molecule has 1 aliphatic heterocycles. The Balaban J connectivity index is 1.54. The molecule has 7 heteroatoms. The van der Waals surface area contributed by atoms with Crippen LogP contribution in [0.25, 0.3) is 10.2 Å². The fourth-order valence-electron chi connectivity index (χ4n) is 4.43. The molecule has 2 aromatic heterocycles. The van der Waals surface area contributed by atoms with Gasteiger partial charge in [0, 0.05) is 17.6 Å². The van der Waals surface area contributed by atoms with E-state index in [2.05, 4.69) is 5.32 Å². The minimum Gasteiger partial charge on any atom is -0.494 e. The van der Waals surface area contributed by atoms with Crippen LogP contribution in [0.3, 0.4) is 0 Å². The third-order valence-electron chi connectivity index (χ3n) is 6.08. The van der Waals surface area contributed by atoms with Gasteiger partial charge in [0.1, 0.15) is 21.8 Å². The van der Waals surface area contributed by atoms with Gasteiger partial charge in [0.05, 0.1) is 13.2 Å². The molecule has 1 atom stereocenters. The van der Waals surface area contributed by atoms with Crippen molar-refractivity contribution >= 4 is 39.1 Å². The SMILES string of the molecule is CCOc1ccc(N2C(=O)c3cc4ccsc4n3C[C@@]2(C)C(=O)NCc2ccccc2)cc1. The molecule has 0 fully saturated rings. The van der Waals surface area contributed by atoms with Gasteiger partial charge in [-0.3, -0.25) is 14.5 Å². The molecule has 0 unspecified atom stereocenters. The first kappa shape index (κ1) is 21.3. The lowest BCUT2D eigenvalue weighted by molar-refractivity contribution is -0.126. The summed E-state index contributed by atoms with van der Waals surface area (Å²) in [6, 6.07) is 21.0. The maximum absolute atomic E-state index is 13.8. The molecule has 6 nitrogen and oxygen atoms in total. The molecular formula is C26H25N3O3S. The maximum Gasteiger partial charge on any atom is 0.275 e. The molecule has 2 amide bonds. The van der Waals surface area contributed by atoms with Gasteiger partial charge in [0.2, 0.25) is 5.91 Å². The van der Waals surface area contributed by atoms with Gasteiger partial charge >= 0.3 is 0 Å². The van der Waals surface area contributed by atoms with Gasteiger partial charge in [-0.25, -0.2) is 0 Å². The van der Waals surface area contributed by atoms with Crippen LogP contribution >= 0.6 is 11.3 Å². The summed E-state index contributed by atoms with van der Waals surface area (Å²) in [7, 11) is 0. The Morgan fingerprint density at radius 2 is 1.88 bits per heavy atom. The second kappa shape index (κ2) is 8.41. The summed E-state index contributed by atoms with van der Waals surface area (Å²) in [5, 5.41) is 6.08. The third-order valence-corrected chi connectivity index (χ3v) is 7.03. The van der Waals surface area contributed by atoms with Gasteiger partial charge in [0.15, 0.2) is 0 Å². The average molecular weight is 460 g/mol. The number of hydrogen-bond donors (Lipinski definition) is 1. The zero-order valence-electron chi connectivity index (χ0n) is 18.6. The fourth-order valence-corrected chi connectivity index (χ4v) is 5.33. The van der Waals surface area contributed by atoms with Crippen LogP contribution in [0.15, 0.2) is 72.1 Å². The monoisotopic (exact) mass is 459 g/mol. The lowest BCUT2D eigenvalue weighted by Crippen LogP contribution is -2.64. The van der Waals surface area contributed by atoms with Crippen LogP contribution in [-0.4, -0.2) is 28.5 Å². The van der Waals surface area contributed by atoms with Crippen LogP contribution in [-0.2, 0) is 17.9 Å². The highest BCUT2D eigenvalue weighted by atomic mass is 32.1. The Bertz CT molecular complexity index is 1310. The van der Waals surface area contributed by atoms with E-state index in [1.165, 1.54) is 0 Å². The van der Waals surface area contributed by atoms with Crippen molar-refractivity contribution in [2.45, 2.75) is 32.5 Å². The van der Waals surface area contributed by atoms with E-state index in [0.29, 0.717) is 31.1 Å². The van der Waals surface area contributed by atoms with Crippen LogP contribution in [0.2, 0.25) is 0 Å². The Morgan fingerprint density at radius 1 is 1.12 bits per heavy atom. The van der Waals surface area contributed by atoms with Gasteiger partial charge in [-0.1, -0.05) is 30.3 Å². The predicted octanol–water partition coefficient (Wildman–Crippen LogP) is 4.84. The summed E-state index contributed by atoms with van der Waals surface area (Å²) in [5.41, 5.74) is 1.16. The van der Waals surface area contributed by atoms with E-state index < -0.39 is 5.54 Å². The number of benzene rings is 2. The number of carbonyl (C=O) groups excluding carboxylic acids is 2. The highest BCUT2D eigenvalue weighted by Crippen LogP contribution is 2.37. The number of carbonyl (C=O) groups is 2. The van der Waals surface area contributed by atoms with Crippen LogP contribution in [0.1, 0.15) is 29.9 Å². The second-order valence-electron chi connectivity index (χ2n) is 8.31. The topological polar surface area (TPSA) is 63.6 Å². The summed E-state index contributed by atoms with van der Waals surface area (Å²) in [6.45, 7) is 5.09. The van der Waals surface area contributed by atoms with Crippen molar-refractivity contribution in [3.05, 3.63) is 83.4 Å². The number of amides is 2. The molecule has 5 rings (SSSR count). The third kappa shape index (κ3) is 3.68. The largest absolute Gasteiger partial charge is 0.494 e. The van der Waals surface area contributed by atoms with Crippen LogP contribution in [0.4, 0.5) is 5.69 Å². The minimum absolute atomic E-state index is 0.189. The van der Waals surface area contributed by atoms with Gasteiger partial charge < -0.3 is 14.6 Å². The molecule has 3 heterocycles. The zero-order valence-corrected chi connectivity index (χ0v) is 19.4. The lowest BCUT2D eigenvalue weighted by atomic mass is 9.93. The summed E-state index contributed by atoms with van der Waals surface area (Å²) >= 11 is 1.58. The maximum atomic E-state index is 13.8. The Labute approximate surface area is 196 Å². The normalized spacial score (nSPS) is 17.8. The van der Waals surface area contributed by atoms with E-state index in [-0.39, 0.29) is 11.8 Å². The van der Waals surface area contributed by atoms with Crippen molar-refractivity contribution in [1.82, 2.24) is 9.88 Å². The Kier molecular flexibility index (Phi) is 5.42. The predicted molar refractivity (Wildman–Crippen MR) is 131 cm³/mol. The summed E-state index contributed by atoms with van der Waals surface area (Å²) in [6.07, 6.45) is 0. The number of nitrogens with one attached hydrogen (secondary N) is 1. The van der Waals surface area contributed by atoms with Gasteiger partial charge in [-0.2, -0.15) is 0 Å². The first-order valence-corrected chi connectivity index (χ1v) is 11.9. The van der Waals surface area contributed by atoms with Crippen LogP contribution in [0, 0.1) is 0 Å². The summed E-state index contributed by atoms with van der Waals surface area (Å²) in [5.74, 6) is 0.341. The number of anilines is 1. The molecule has 1 N–H and O–H groups in total. The van der Waals surface area contributed by atoms with Gasteiger partial charge in [0.25, 0.3) is 5.91 Å². The zero-order chi connectivity index (χ0) is 23.0. The number of rotatable bonds is 6. The van der Waals surface area contributed by atoms with E-state index in [1.54, 1.807) is 16.2 Å². The van der Waals surface area contributed by atoms with Gasteiger partial charge in [-0.05, 0) is 61.2 Å². The van der Waals surface area contributed by atoms with Crippen molar-refractivity contribution < 1.29 is 14.3 Å². The highest BCUT2D eigenvalue weighted by molar-refractivity contribution is 7.16. The highest BCUT2D eigenvalue weighted by Gasteiger charge is 2.48. The van der Waals surface area contributed by atoms with Crippen molar-refractivity contribution in [2.75, 3.05) is 11.5 Å². The van der Waals surface area contributed by atoms with E-state index in [9.17, 15) is 9.59 Å². The number of hydrogen-bond acceptors (Lipinski definition) is 4. The number of aromatic nitrogens is 1. The molecule has 168 valence electrons. The van der Waals surface area contributed by atoms with Crippen LogP contribution in [0.5, 0.6) is 5.75 Å². The van der Waals surface area contributed by atoms with E-state index in [4.69, 9.17) is 4.74 Å². The molecule has 4 aromatic rings. The Morgan fingerprint density at radius 3 is 2.61 bits per heavy atom. The number of thiophene rings is 1. The quantitative estimate of drug-likeness (QED) is 0.449. The fraction of sp³-hybridized carbons (Fsp3) is 0.231. The standard InChI is InChI=1S/C26H25N3O3S/c1-3-32-21-11-9-20(10-12-21)29-23(30)22-15-19-13-14-33-24(19)28(22)17-26(29,2)25(31)27-16-18-7-5-4-6-8-18/h4-15H,3,16-17H2,1-2H3,(H,27,31)/t26-/m0/s1. The second-order valence-corrected chi connectivity index (χ2v) is 9.20. The van der Waals surface area contributed by atoms with Crippen molar-refractivity contribution in [3.63, 3.8) is 0 Å². The van der Waals surface area contributed by atoms with Crippen molar-refractivity contribution in [1.29, 1.82) is 0 Å². The molecule has 0 bridgehead atoms. The molecule has 33 heavy (non-hydrogen) atoms. The summed E-state index contributed by atoms with van der Waals surface area (Å²) < 4.78 is 7.54. The molecule has 0 aliphatic carbocycles. The molecule has 0 radical (unpaired) electrons. The van der Waals surface area contributed by atoms with E-state index in [1.807, 2.05) is 90.5 Å². The molecule has 1 aliphatic rings.